The monoisotopic (exact) mass is 230 g/mol. The van der Waals surface area contributed by atoms with Crippen LogP contribution in [0, 0.1) is 0 Å². The SMILES string of the molecule is CSc1ccc(NC(=O)CN)cc1Cl. The third kappa shape index (κ3) is 2.90. The van der Waals surface area contributed by atoms with Crippen LogP contribution >= 0.6 is 23.4 Å². The van der Waals surface area contributed by atoms with Crippen LogP contribution < -0.4 is 11.1 Å². The van der Waals surface area contributed by atoms with Gasteiger partial charge in [0.1, 0.15) is 0 Å². The molecule has 3 N–H and O–H groups in total. The Bertz CT molecular complexity index is 344. The third-order valence-corrected chi connectivity index (χ3v) is 2.84. The number of hydrogen-bond donors (Lipinski definition) is 2. The fourth-order valence-electron chi connectivity index (χ4n) is 0.956. The van der Waals surface area contributed by atoms with Crippen LogP contribution in [-0.2, 0) is 4.79 Å². The quantitative estimate of drug-likeness (QED) is 0.781. The van der Waals surface area contributed by atoms with Crippen molar-refractivity contribution in [3.8, 4) is 0 Å². The Morgan fingerprint density at radius 3 is 2.86 bits per heavy atom. The number of rotatable bonds is 3. The highest BCUT2D eigenvalue weighted by molar-refractivity contribution is 7.98. The maximum atomic E-state index is 11.0. The molecule has 0 saturated heterocycles. The van der Waals surface area contributed by atoms with Crippen LogP contribution in [-0.4, -0.2) is 18.7 Å². The fraction of sp³-hybridized carbons (Fsp3) is 0.222. The van der Waals surface area contributed by atoms with E-state index in [1.807, 2.05) is 12.3 Å². The van der Waals surface area contributed by atoms with Gasteiger partial charge in [-0.2, -0.15) is 0 Å². The Balaban J connectivity index is 2.81. The van der Waals surface area contributed by atoms with E-state index in [1.165, 1.54) is 0 Å². The Kier molecular flexibility index (Phi) is 4.25. The first-order valence-electron chi connectivity index (χ1n) is 4.01. The molecule has 1 aromatic rings. The maximum Gasteiger partial charge on any atom is 0.238 e. The molecule has 1 amide bonds. The lowest BCUT2D eigenvalue weighted by atomic mass is 10.3. The van der Waals surface area contributed by atoms with Gasteiger partial charge in [0.25, 0.3) is 0 Å². The zero-order valence-corrected chi connectivity index (χ0v) is 9.28. The average Bonchev–Trinajstić information content (AvgIpc) is 2.18. The number of benzene rings is 1. The highest BCUT2D eigenvalue weighted by Gasteiger charge is 2.02. The van der Waals surface area contributed by atoms with Crippen LogP contribution in [0.3, 0.4) is 0 Å². The average molecular weight is 231 g/mol. The van der Waals surface area contributed by atoms with Crippen molar-refractivity contribution in [1.29, 1.82) is 0 Å². The second-order valence-corrected chi connectivity index (χ2v) is 3.86. The third-order valence-electron chi connectivity index (χ3n) is 1.62. The molecule has 0 heterocycles. The van der Waals surface area contributed by atoms with Gasteiger partial charge in [-0.1, -0.05) is 11.6 Å². The number of anilines is 1. The largest absolute Gasteiger partial charge is 0.325 e. The number of nitrogens with two attached hydrogens (primary N) is 1. The van der Waals surface area contributed by atoms with Crippen molar-refractivity contribution in [2.24, 2.45) is 5.73 Å². The summed E-state index contributed by atoms with van der Waals surface area (Å²) in [5.74, 6) is -0.224. The molecule has 0 radical (unpaired) electrons. The molecule has 0 aliphatic heterocycles. The Morgan fingerprint density at radius 1 is 1.64 bits per heavy atom. The van der Waals surface area contributed by atoms with Gasteiger partial charge < -0.3 is 11.1 Å². The van der Waals surface area contributed by atoms with Crippen molar-refractivity contribution < 1.29 is 4.79 Å². The van der Waals surface area contributed by atoms with Gasteiger partial charge in [-0.15, -0.1) is 11.8 Å². The van der Waals surface area contributed by atoms with Gasteiger partial charge in [0.15, 0.2) is 0 Å². The molecule has 0 saturated carbocycles. The van der Waals surface area contributed by atoms with Crippen molar-refractivity contribution in [3.63, 3.8) is 0 Å². The zero-order valence-electron chi connectivity index (χ0n) is 7.71. The van der Waals surface area contributed by atoms with Gasteiger partial charge in [0, 0.05) is 10.6 Å². The van der Waals surface area contributed by atoms with E-state index in [-0.39, 0.29) is 12.5 Å². The first-order valence-corrected chi connectivity index (χ1v) is 5.61. The molecule has 3 nitrogen and oxygen atoms in total. The number of halogens is 1. The van der Waals surface area contributed by atoms with E-state index >= 15 is 0 Å². The number of thioether (sulfide) groups is 1. The van der Waals surface area contributed by atoms with Crippen molar-refractivity contribution in [3.05, 3.63) is 23.2 Å². The lowest BCUT2D eigenvalue weighted by Gasteiger charge is -2.05. The number of nitrogens with one attached hydrogen (secondary N) is 1. The Morgan fingerprint density at radius 2 is 2.36 bits per heavy atom. The summed E-state index contributed by atoms with van der Waals surface area (Å²) in [7, 11) is 0. The minimum Gasteiger partial charge on any atom is -0.325 e. The van der Waals surface area contributed by atoms with Crippen molar-refractivity contribution in [2.45, 2.75) is 4.90 Å². The summed E-state index contributed by atoms with van der Waals surface area (Å²) in [6.07, 6.45) is 1.94. The second-order valence-electron chi connectivity index (χ2n) is 2.60. The van der Waals surface area contributed by atoms with Gasteiger partial charge in [0.2, 0.25) is 5.91 Å². The lowest BCUT2D eigenvalue weighted by Crippen LogP contribution is -2.21. The van der Waals surface area contributed by atoms with Gasteiger partial charge in [-0.25, -0.2) is 0 Å². The van der Waals surface area contributed by atoms with Crippen molar-refractivity contribution in [2.75, 3.05) is 18.1 Å². The number of carbonyl (C=O) groups is 1. The molecule has 0 bridgehead atoms. The summed E-state index contributed by atoms with van der Waals surface area (Å²) in [5.41, 5.74) is 5.83. The molecule has 0 spiro atoms. The smallest absolute Gasteiger partial charge is 0.238 e. The van der Waals surface area contributed by atoms with Crippen LogP contribution in [0.5, 0.6) is 0 Å². The van der Waals surface area contributed by atoms with Crippen molar-refractivity contribution >= 4 is 35.0 Å². The van der Waals surface area contributed by atoms with Crippen LogP contribution in [0.4, 0.5) is 5.69 Å². The van der Waals surface area contributed by atoms with E-state index in [4.69, 9.17) is 17.3 Å². The summed E-state index contributed by atoms with van der Waals surface area (Å²) in [4.78, 5) is 11.9. The van der Waals surface area contributed by atoms with E-state index in [1.54, 1.807) is 23.9 Å². The highest BCUT2D eigenvalue weighted by Crippen LogP contribution is 2.27. The number of amides is 1. The fourth-order valence-corrected chi connectivity index (χ4v) is 1.83. The normalized spacial score (nSPS) is 9.93. The van der Waals surface area contributed by atoms with E-state index in [0.29, 0.717) is 10.7 Å². The molecular weight excluding hydrogens is 220 g/mol. The molecule has 0 unspecified atom stereocenters. The maximum absolute atomic E-state index is 11.0. The van der Waals surface area contributed by atoms with Crippen LogP contribution in [0.25, 0.3) is 0 Å². The van der Waals surface area contributed by atoms with Crippen LogP contribution in [0.15, 0.2) is 23.1 Å². The van der Waals surface area contributed by atoms with Crippen LogP contribution in [0.2, 0.25) is 5.02 Å². The number of carbonyl (C=O) groups excluding carboxylic acids is 1. The molecule has 1 rings (SSSR count). The number of hydrogen-bond acceptors (Lipinski definition) is 3. The van der Waals surface area contributed by atoms with Gasteiger partial charge in [-0.05, 0) is 24.5 Å². The molecule has 76 valence electrons. The molecule has 0 aromatic heterocycles. The predicted octanol–water partition coefficient (Wildman–Crippen LogP) is 1.96. The first kappa shape index (κ1) is 11.4. The minimum atomic E-state index is -0.224. The molecule has 0 aliphatic carbocycles. The van der Waals surface area contributed by atoms with E-state index < -0.39 is 0 Å². The summed E-state index contributed by atoms with van der Waals surface area (Å²) in [6, 6.07) is 5.37. The van der Waals surface area contributed by atoms with Gasteiger partial charge in [-0.3, -0.25) is 4.79 Å². The standard InChI is InChI=1S/C9H11ClN2OS/c1-14-8-3-2-6(4-7(8)10)12-9(13)5-11/h2-4H,5,11H2,1H3,(H,12,13). The molecule has 0 fully saturated rings. The van der Waals surface area contributed by atoms with E-state index in [9.17, 15) is 4.79 Å². The van der Waals surface area contributed by atoms with E-state index in [2.05, 4.69) is 5.32 Å². The molecule has 1 aromatic carbocycles. The summed E-state index contributed by atoms with van der Waals surface area (Å²) >= 11 is 7.51. The highest BCUT2D eigenvalue weighted by atomic mass is 35.5. The Labute approximate surface area is 92.0 Å². The second kappa shape index (κ2) is 5.24. The Hall–Kier alpha value is -0.710. The molecule has 5 heteroatoms. The van der Waals surface area contributed by atoms with E-state index in [0.717, 1.165) is 4.90 Å². The summed E-state index contributed by atoms with van der Waals surface area (Å²) in [5, 5.41) is 3.26. The van der Waals surface area contributed by atoms with Crippen LogP contribution in [0.1, 0.15) is 0 Å². The molecule has 0 aliphatic rings. The molecule has 14 heavy (non-hydrogen) atoms. The first-order chi connectivity index (χ1) is 6.67. The molecular formula is C9H11ClN2OS. The lowest BCUT2D eigenvalue weighted by molar-refractivity contribution is -0.114. The summed E-state index contributed by atoms with van der Waals surface area (Å²) in [6.45, 7) is -0.0259. The predicted molar refractivity (Wildman–Crippen MR) is 60.9 cm³/mol. The summed E-state index contributed by atoms with van der Waals surface area (Å²) < 4.78 is 0. The van der Waals surface area contributed by atoms with Crippen molar-refractivity contribution in [1.82, 2.24) is 0 Å². The molecule has 0 atom stereocenters. The zero-order chi connectivity index (χ0) is 10.6. The topological polar surface area (TPSA) is 55.1 Å². The van der Waals surface area contributed by atoms with Gasteiger partial charge >= 0.3 is 0 Å². The minimum absolute atomic E-state index is 0.0259. The van der Waals surface area contributed by atoms with Gasteiger partial charge in [0.05, 0.1) is 11.6 Å².